The van der Waals surface area contributed by atoms with Gasteiger partial charge in [-0.05, 0) is 0 Å². The van der Waals surface area contributed by atoms with E-state index in [-0.39, 0.29) is 9.80 Å². The Morgan fingerprint density at radius 3 is 1.76 bits per heavy atom. The van der Waals surface area contributed by atoms with Crippen LogP contribution in [0.2, 0.25) is 0 Å². The number of amides is 2. The van der Waals surface area contributed by atoms with Crippen molar-refractivity contribution in [2.75, 3.05) is 27.7 Å². The fourth-order valence-electron chi connectivity index (χ4n) is 1.35. The molecule has 14 heteroatoms. The number of methoxy groups -OCH3 is 1. The molecule has 8 nitrogen and oxygen atoms in total. The van der Waals surface area contributed by atoms with Crippen molar-refractivity contribution in [3.05, 3.63) is 0 Å². The summed E-state index contributed by atoms with van der Waals surface area (Å²) in [7, 11) is 1.61. The number of hydrogen-bond donors (Lipinski definition) is 0. The lowest BCUT2D eigenvalue weighted by molar-refractivity contribution is -0.254. The van der Waals surface area contributed by atoms with Crippen molar-refractivity contribution in [1.29, 1.82) is 0 Å². The number of esters is 2. The third-order valence-electron chi connectivity index (χ3n) is 2.47. The van der Waals surface area contributed by atoms with Crippen molar-refractivity contribution in [2.24, 2.45) is 0 Å². The third kappa shape index (κ3) is 6.84. The van der Waals surface area contributed by atoms with Crippen LogP contribution in [0.5, 0.6) is 0 Å². The summed E-state index contributed by atoms with van der Waals surface area (Å²) in [5.41, 5.74) is 0. The molecule has 1 unspecified atom stereocenters. The number of nitrogens with zero attached hydrogens (tertiary/aromatic N) is 2. The second-order valence-corrected chi connectivity index (χ2v) is 4.48. The van der Waals surface area contributed by atoms with Gasteiger partial charge >= 0.3 is 36.1 Å². The normalized spacial score (nSPS) is 12.8. The minimum Gasteiger partial charge on any atom is -0.462 e. The Morgan fingerprint density at radius 2 is 1.40 bits per heavy atom. The van der Waals surface area contributed by atoms with Gasteiger partial charge in [-0.2, -0.15) is 26.3 Å². The molecule has 0 saturated heterocycles. The highest BCUT2D eigenvalue weighted by Gasteiger charge is 2.50. The predicted molar refractivity (Wildman–Crippen MR) is 64.4 cm³/mol. The molecule has 0 aliphatic rings. The molecule has 0 saturated carbocycles. The van der Waals surface area contributed by atoms with Crippen LogP contribution in [0.25, 0.3) is 0 Å². The van der Waals surface area contributed by atoms with Crippen LogP contribution in [0.4, 0.5) is 26.3 Å². The first kappa shape index (κ1) is 22.5. The summed E-state index contributed by atoms with van der Waals surface area (Å²) in [6, 6.07) is 0. The molecule has 0 aliphatic carbocycles. The number of halogens is 6. The molecule has 0 fully saturated rings. The molecule has 0 aromatic rings. The largest absolute Gasteiger partial charge is 0.462 e. The number of alkyl halides is 6. The van der Waals surface area contributed by atoms with E-state index in [9.17, 15) is 45.5 Å². The van der Waals surface area contributed by atoms with Crippen LogP contribution < -0.4 is 0 Å². The van der Waals surface area contributed by atoms with Gasteiger partial charge < -0.3 is 14.4 Å². The minimum absolute atomic E-state index is 0.224. The van der Waals surface area contributed by atoms with E-state index in [1.807, 2.05) is 0 Å². The summed E-state index contributed by atoms with van der Waals surface area (Å²) in [4.78, 5) is 44.4. The predicted octanol–water partition coefficient (Wildman–Crippen LogP) is 0.0701. The first-order valence-corrected chi connectivity index (χ1v) is 6.06. The number of carbonyl (C=O) groups excluding carboxylic acids is 4. The number of hydrogen-bond acceptors (Lipinski definition) is 6. The maximum absolute atomic E-state index is 12.9. The van der Waals surface area contributed by atoms with E-state index in [4.69, 9.17) is 0 Å². The zero-order valence-electron chi connectivity index (χ0n) is 12.9. The molecule has 144 valence electrons. The molecule has 0 aromatic heterocycles. The Kier molecular flexibility index (Phi) is 7.21. The van der Waals surface area contributed by atoms with E-state index in [0.717, 1.165) is 0 Å². The number of likely N-dealkylation sites (N-methyl/N-ethyl adjacent to an activating group) is 2. The molecular formula is C11H12F6N2O6. The van der Waals surface area contributed by atoms with Gasteiger partial charge in [0.2, 0.25) is 0 Å². The van der Waals surface area contributed by atoms with Gasteiger partial charge in [-0.3, -0.25) is 14.5 Å². The van der Waals surface area contributed by atoms with Gasteiger partial charge in [-0.15, -0.1) is 0 Å². The van der Waals surface area contributed by atoms with Gasteiger partial charge in [0, 0.05) is 14.1 Å². The fourth-order valence-corrected chi connectivity index (χ4v) is 1.35. The summed E-state index contributed by atoms with van der Waals surface area (Å²) in [6.45, 7) is -1.92. The second kappa shape index (κ2) is 8.02. The van der Waals surface area contributed by atoms with Crippen LogP contribution in [0, 0.1) is 0 Å². The summed E-state index contributed by atoms with van der Waals surface area (Å²) in [5.74, 6) is -7.94. The van der Waals surface area contributed by atoms with E-state index in [2.05, 4.69) is 9.47 Å². The zero-order valence-corrected chi connectivity index (χ0v) is 12.9. The molecule has 1 atom stereocenters. The minimum atomic E-state index is -5.45. The van der Waals surface area contributed by atoms with E-state index in [1.165, 1.54) is 0 Å². The van der Waals surface area contributed by atoms with Gasteiger partial charge in [-0.25, -0.2) is 9.59 Å². The molecule has 0 N–H and O–H groups in total. The molecule has 0 rings (SSSR count). The van der Waals surface area contributed by atoms with Crippen molar-refractivity contribution >= 4 is 23.8 Å². The van der Waals surface area contributed by atoms with Crippen molar-refractivity contribution in [3.63, 3.8) is 0 Å². The molecule has 0 spiro atoms. The number of ether oxygens (including phenoxy) is 2. The Hall–Kier alpha value is -2.54. The molecule has 2 amide bonds. The summed E-state index contributed by atoms with van der Waals surface area (Å²) >= 11 is 0. The van der Waals surface area contributed by atoms with Crippen LogP contribution in [-0.4, -0.2) is 79.9 Å². The molecule has 25 heavy (non-hydrogen) atoms. The van der Waals surface area contributed by atoms with Gasteiger partial charge in [0.15, 0.2) is 0 Å². The fraction of sp³-hybridized carbons (Fsp3) is 0.636. The van der Waals surface area contributed by atoms with E-state index >= 15 is 0 Å². The highest BCUT2D eigenvalue weighted by molar-refractivity contribution is 6.33. The van der Waals surface area contributed by atoms with E-state index in [1.54, 1.807) is 0 Å². The van der Waals surface area contributed by atoms with E-state index in [0.29, 0.717) is 21.2 Å². The average molecular weight is 382 g/mol. The SMILES string of the molecule is COC(=O)C(=O)N(C)C(OC(=O)C(=O)N(C)CC(F)(F)F)C(F)(F)F. The monoisotopic (exact) mass is 382 g/mol. The van der Waals surface area contributed by atoms with Crippen molar-refractivity contribution in [3.8, 4) is 0 Å². The van der Waals surface area contributed by atoms with Gasteiger partial charge in [0.25, 0.3) is 6.23 Å². The topological polar surface area (TPSA) is 93.2 Å². The summed E-state index contributed by atoms with van der Waals surface area (Å²) in [5, 5.41) is 0. The van der Waals surface area contributed by atoms with Gasteiger partial charge in [0.1, 0.15) is 6.54 Å². The van der Waals surface area contributed by atoms with Gasteiger partial charge in [0.05, 0.1) is 7.11 Å². The molecule has 0 radical (unpaired) electrons. The van der Waals surface area contributed by atoms with Crippen LogP contribution in [0.3, 0.4) is 0 Å². The lowest BCUT2D eigenvalue weighted by atomic mass is 10.4. The maximum Gasteiger partial charge on any atom is 0.445 e. The summed E-state index contributed by atoms with van der Waals surface area (Å²) < 4.78 is 82.6. The molecule has 0 bridgehead atoms. The Balaban J connectivity index is 5.29. The lowest BCUT2D eigenvalue weighted by Crippen LogP contribution is -2.53. The Labute approximate surface area is 136 Å². The maximum atomic E-state index is 12.9. The van der Waals surface area contributed by atoms with Crippen LogP contribution in [0.15, 0.2) is 0 Å². The van der Waals surface area contributed by atoms with E-state index < -0.39 is 48.9 Å². The second-order valence-electron chi connectivity index (χ2n) is 4.48. The quantitative estimate of drug-likeness (QED) is 0.297. The standard InChI is InChI=1S/C11H12F6N2O6/c1-18(4-10(12,13)14)5(20)8(23)25-9(11(15,16)17)19(2)6(21)7(22)24-3/h9H,4H2,1-3H3. The lowest BCUT2D eigenvalue weighted by Gasteiger charge is -2.28. The highest BCUT2D eigenvalue weighted by Crippen LogP contribution is 2.26. The smallest absolute Gasteiger partial charge is 0.445 e. The van der Waals surface area contributed by atoms with Gasteiger partial charge in [-0.1, -0.05) is 0 Å². The van der Waals surface area contributed by atoms with Crippen molar-refractivity contribution < 1.29 is 55.0 Å². The molecule has 0 aliphatic heterocycles. The van der Waals surface area contributed by atoms with Crippen molar-refractivity contribution in [2.45, 2.75) is 18.6 Å². The first-order chi connectivity index (χ1) is 11.1. The highest BCUT2D eigenvalue weighted by atomic mass is 19.4. The van der Waals surface area contributed by atoms with Crippen LogP contribution in [0.1, 0.15) is 0 Å². The zero-order chi connectivity index (χ0) is 20.2. The Bertz CT molecular complexity index is 546. The summed E-state index contributed by atoms with van der Waals surface area (Å²) in [6.07, 6.45) is -13.8. The molecular weight excluding hydrogens is 370 g/mol. The first-order valence-electron chi connectivity index (χ1n) is 6.06. The third-order valence-corrected chi connectivity index (χ3v) is 2.47. The Morgan fingerprint density at radius 1 is 0.920 bits per heavy atom. The van der Waals surface area contributed by atoms with Crippen LogP contribution in [-0.2, 0) is 28.7 Å². The molecule has 0 heterocycles. The number of carbonyl (C=O) groups is 4. The van der Waals surface area contributed by atoms with Crippen molar-refractivity contribution in [1.82, 2.24) is 9.80 Å². The molecule has 0 aromatic carbocycles. The van der Waals surface area contributed by atoms with Crippen LogP contribution >= 0.6 is 0 Å². The average Bonchev–Trinajstić information content (AvgIpc) is 2.46. The number of rotatable bonds is 3.